The number of aromatic nitrogens is 1. The molecule has 0 aliphatic heterocycles. The van der Waals surface area contributed by atoms with Crippen molar-refractivity contribution in [3.63, 3.8) is 0 Å². The van der Waals surface area contributed by atoms with E-state index >= 15 is 0 Å². The fraction of sp³-hybridized carbons (Fsp3) is 0.143. The number of pyridine rings is 1. The molecule has 0 spiro atoms. The molecule has 5 nitrogen and oxygen atoms in total. The van der Waals surface area contributed by atoms with Crippen LogP contribution in [0.2, 0.25) is 10.3 Å². The first-order chi connectivity index (χ1) is 9.92. The number of benzene rings is 1. The minimum absolute atomic E-state index is 0.120. The Morgan fingerprint density at radius 2 is 2.05 bits per heavy atom. The van der Waals surface area contributed by atoms with Crippen molar-refractivity contribution in [3.05, 3.63) is 45.7 Å². The molecule has 3 N–H and O–H groups in total. The van der Waals surface area contributed by atoms with Gasteiger partial charge in [0.05, 0.1) is 18.4 Å². The molecule has 0 bridgehead atoms. The number of nitrogen functional groups attached to an aromatic ring is 1. The molecule has 1 aromatic heterocycles. The van der Waals surface area contributed by atoms with Crippen molar-refractivity contribution in [1.82, 2.24) is 4.98 Å². The average molecular weight is 326 g/mol. The van der Waals surface area contributed by atoms with Crippen LogP contribution in [-0.4, -0.2) is 18.0 Å². The van der Waals surface area contributed by atoms with Gasteiger partial charge < -0.3 is 15.8 Å². The molecule has 2 rings (SSSR count). The van der Waals surface area contributed by atoms with Gasteiger partial charge in [0, 0.05) is 5.69 Å². The van der Waals surface area contributed by atoms with Gasteiger partial charge in [-0.05, 0) is 36.8 Å². The van der Waals surface area contributed by atoms with E-state index in [-0.39, 0.29) is 10.3 Å². The highest BCUT2D eigenvalue weighted by molar-refractivity contribution is 6.35. The number of halogens is 2. The zero-order valence-corrected chi connectivity index (χ0v) is 12.9. The van der Waals surface area contributed by atoms with Crippen LogP contribution < -0.4 is 15.8 Å². The van der Waals surface area contributed by atoms with Crippen LogP contribution in [0.3, 0.4) is 0 Å². The third kappa shape index (κ3) is 3.37. The number of carbonyl (C=O) groups is 1. The summed E-state index contributed by atoms with van der Waals surface area (Å²) in [5.41, 5.74) is 7.54. The summed E-state index contributed by atoms with van der Waals surface area (Å²) in [6, 6.07) is 6.44. The number of aryl methyl sites for hydroxylation is 1. The van der Waals surface area contributed by atoms with E-state index in [9.17, 15) is 4.79 Å². The van der Waals surface area contributed by atoms with Crippen LogP contribution in [0.4, 0.5) is 11.4 Å². The summed E-state index contributed by atoms with van der Waals surface area (Å²) in [5, 5.41) is 3.07. The van der Waals surface area contributed by atoms with Gasteiger partial charge in [-0.25, -0.2) is 4.98 Å². The second-order valence-corrected chi connectivity index (χ2v) is 5.08. The normalized spacial score (nSPS) is 10.3. The van der Waals surface area contributed by atoms with Gasteiger partial charge in [0.15, 0.2) is 5.15 Å². The quantitative estimate of drug-likeness (QED) is 0.668. The fourth-order valence-electron chi connectivity index (χ4n) is 1.79. The summed E-state index contributed by atoms with van der Waals surface area (Å²) in [6.07, 6.45) is 0. The van der Waals surface area contributed by atoms with Crippen LogP contribution in [0.1, 0.15) is 15.9 Å². The van der Waals surface area contributed by atoms with Gasteiger partial charge in [-0.3, -0.25) is 4.79 Å². The fourth-order valence-corrected chi connectivity index (χ4v) is 2.36. The van der Waals surface area contributed by atoms with Crippen molar-refractivity contribution >= 4 is 40.5 Å². The van der Waals surface area contributed by atoms with E-state index in [1.165, 1.54) is 7.11 Å². The molecule has 0 saturated heterocycles. The first-order valence-corrected chi connectivity index (χ1v) is 6.75. The van der Waals surface area contributed by atoms with Crippen molar-refractivity contribution in [2.45, 2.75) is 6.92 Å². The minimum atomic E-state index is -0.402. The average Bonchev–Trinajstić information content (AvgIpc) is 2.43. The molecule has 0 aliphatic carbocycles. The molecule has 1 aromatic carbocycles. The van der Waals surface area contributed by atoms with E-state index in [0.29, 0.717) is 28.3 Å². The van der Waals surface area contributed by atoms with Crippen LogP contribution in [0.5, 0.6) is 5.75 Å². The van der Waals surface area contributed by atoms with Gasteiger partial charge in [-0.15, -0.1) is 0 Å². The van der Waals surface area contributed by atoms with E-state index in [2.05, 4.69) is 10.3 Å². The molecule has 0 aliphatic rings. The maximum Gasteiger partial charge on any atom is 0.257 e. The lowest BCUT2D eigenvalue weighted by Crippen LogP contribution is -2.15. The molecule has 2 aromatic rings. The van der Waals surface area contributed by atoms with E-state index in [4.69, 9.17) is 33.7 Å². The topological polar surface area (TPSA) is 77.2 Å². The molecule has 0 fully saturated rings. The highest BCUT2D eigenvalue weighted by Crippen LogP contribution is 2.28. The molecule has 0 atom stereocenters. The number of carbonyl (C=O) groups excluding carboxylic acids is 1. The number of rotatable bonds is 3. The lowest BCUT2D eigenvalue weighted by molar-refractivity contribution is 0.102. The predicted molar refractivity (Wildman–Crippen MR) is 84.4 cm³/mol. The van der Waals surface area contributed by atoms with E-state index < -0.39 is 5.91 Å². The van der Waals surface area contributed by atoms with E-state index in [1.807, 2.05) is 0 Å². The Hall–Kier alpha value is -1.98. The number of methoxy groups -OCH3 is 1. The zero-order valence-electron chi connectivity index (χ0n) is 11.4. The maximum absolute atomic E-state index is 12.3. The first-order valence-electron chi connectivity index (χ1n) is 6.00. The molecule has 1 heterocycles. The van der Waals surface area contributed by atoms with Crippen molar-refractivity contribution in [3.8, 4) is 5.75 Å². The first kappa shape index (κ1) is 15.4. The summed E-state index contributed by atoms with van der Waals surface area (Å²) >= 11 is 11.8. The number of hydrogen-bond acceptors (Lipinski definition) is 4. The predicted octanol–water partition coefficient (Wildman–Crippen LogP) is 3.54. The monoisotopic (exact) mass is 325 g/mol. The maximum atomic E-state index is 12.3. The summed E-state index contributed by atoms with van der Waals surface area (Å²) in [4.78, 5) is 16.2. The molecule has 21 heavy (non-hydrogen) atoms. The number of nitrogens with zero attached hydrogens (tertiary/aromatic N) is 1. The van der Waals surface area contributed by atoms with Gasteiger partial charge in [-0.2, -0.15) is 0 Å². The van der Waals surface area contributed by atoms with Gasteiger partial charge in [-0.1, -0.05) is 23.2 Å². The standard InChI is InChI=1S/C14H13Cl2N3O2/c1-7-5-11(15)18-13(16)12(7)19-14(20)9-6-8(21-2)3-4-10(9)17/h3-6H,17H2,1-2H3,(H,19,20). The summed E-state index contributed by atoms with van der Waals surface area (Å²) in [6.45, 7) is 1.77. The largest absolute Gasteiger partial charge is 0.497 e. The van der Waals surface area contributed by atoms with Gasteiger partial charge in [0.2, 0.25) is 0 Å². The van der Waals surface area contributed by atoms with Crippen molar-refractivity contribution < 1.29 is 9.53 Å². The molecule has 1 amide bonds. The summed E-state index contributed by atoms with van der Waals surface area (Å²) < 4.78 is 5.08. The molecular formula is C14H13Cl2N3O2. The minimum Gasteiger partial charge on any atom is -0.497 e. The van der Waals surface area contributed by atoms with E-state index in [0.717, 1.165) is 0 Å². The number of anilines is 2. The number of nitrogens with one attached hydrogen (secondary N) is 1. The Balaban J connectivity index is 2.35. The molecule has 7 heteroatoms. The molecule has 110 valence electrons. The molecule has 0 unspecified atom stereocenters. The van der Waals surface area contributed by atoms with Gasteiger partial charge >= 0.3 is 0 Å². The van der Waals surface area contributed by atoms with Gasteiger partial charge in [0.25, 0.3) is 5.91 Å². The molecule has 0 radical (unpaired) electrons. The lowest BCUT2D eigenvalue weighted by Gasteiger charge is -2.12. The van der Waals surface area contributed by atoms with Crippen LogP contribution in [0, 0.1) is 6.92 Å². The van der Waals surface area contributed by atoms with Crippen molar-refractivity contribution in [1.29, 1.82) is 0 Å². The second-order valence-electron chi connectivity index (χ2n) is 4.33. The Kier molecular flexibility index (Phi) is 4.55. The number of amides is 1. The van der Waals surface area contributed by atoms with E-state index in [1.54, 1.807) is 31.2 Å². The zero-order chi connectivity index (χ0) is 15.6. The summed E-state index contributed by atoms with van der Waals surface area (Å²) in [7, 11) is 1.51. The molecule has 0 saturated carbocycles. The van der Waals surface area contributed by atoms with Crippen molar-refractivity contribution in [2.24, 2.45) is 0 Å². The third-order valence-electron chi connectivity index (χ3n) is 2.88. The number of hydrogen-bond donors (Lipinski definition) is 2. The second kappa shape index (κ2) is 6.20. The lowest BCUT2D eigenvalue weighted by atomic mass is 10.1. The van der Waals surface area contributed by atoms with Crippen LogP contribution in [0.25, 0.3) is 0 Å². The Bertz CT molecular complexity index is 682. The Morgan fingerprint density at radius 1 is 1.33 bits per heavy atom. The number of nitrogens with two attached hydrogens (primary N) is 1. The Morgan fingerprint density at radius 3 is 2.67 bits per heavy atom. The smallest absolute Gasteiger partial charge is 0.257 e. The number of ether oxygens (including phenoxy) is 1. The SMILES string of the molecule is COc1ccc(N)c(C(=O)Nc2c(C)cc(Cl)nc2Cl)c1. The van der Waals surface area contributed by atoms with Crippen LogP contribution in [-0.2, 0) is 0 Å². The van der Waals surface area contributed by atoms with Crippen molar-refractivity contribution in [2.75, 3.05) is 18.2 Å². The van der Waals surface area contributed by atoms with Crippen LogP contribution >= 0.6 is 23.2 Å². The Labute approximate surface area is 132 Å². The third-order valence-corrected chi connectivity index (χ3v) is 3.35. The highest BCUT2D eigenvalue weighted by Gasteiger charge is 2.15. The molecular weight excluding hydrogens is 313 g/mol. The summed E-state index contributed by atoms with van der Waals surface area (Å²) in [5.74, 6) is 0.131. The van der Waals surface area contributed by atoms with Crippen LogP contribution in [0.15, 0.2) is 24.3 Å². The highest BCUT2D eigenvalue weighted by atomic mass is 35.5. The van der Waals surface area contributed by atoms with Gasteiger partial charge in [0.1, 0.15) is 10.9 Å².